The summed E-state index contributed by atoms with van der Waals surface area (Å²) in [6.07, 6.45) is -0.339. The lowest BCUT2D eigenvalue weighted by Crippen LogP contribution is -2.43. The quantitative estimate of drug-likeness (QED) is 0.728. The number of nitrogens with one attached hydrogen (secondary N) is 1. The minimum Gasteiger partial charge on any atom is -0.454 e. The monoisotopic (exact) mass is 387 g/mol. The number of amides is 1. The average Bonchev–Trinajstić information content (AvgIpc) is 3.21. The molecule has 2 heterocycles. The molecule has 6 nitrogen and oxygen atoms in total. The fourth-order valence-electron chi connectivity index (χ4n) is 3.74. The molecule has 1 amide bonds. The number of ether oxygens (including phenoxy) is 2. The third-order valence-corrected chi connectivity index (χ3v) is 5.29. The standard InChI is InChI=1S/C23H21N3O3/c1-25(2)16-9-7-15(8-10-16)22-24-19-6-4-3-5-18(19)23(27)26(22)17-11-12-20-21(13-17)29-14-28-20/h3-13,22,24H,14H2,1-2H3/t22-/m0/s1. The largest absolute Gasteiger partial charge is 0.454 e. The van der Waals surface area contributed by atoms with Crippen LogP contribution in [0.2, 0.25) is 0 Å². The number of anilines is 3. The first kappa shape index (κ1) is 17.4. The van der Waals surface area contributed by atoms with Gasteiger partial charge in [-0.05, 0) is 42.0 Å². The van der Waals surface area contributed by atoms with Crippen LogP contribution in [0.3, 0.4) is 0 Å². The number of carbonyl (C=O) groups is 1. The number of carbonyl (C=O) groups excluding carboxylic acids is 1. The van der Waals surface area contributed by atoms with Gasteiger partial charge in [-0.2, -0.15) is 0 Å². The Bertz CT molecular complexity index is 1080. The number of fused-ring (bicyclic) bond motifs is 2. The van der Waals surface area contributed by atoms with Gasteiger partial charge in [0.15, 0.2) is 11.5 Å². The van der Waals surface area contributed by atoms with Crippen LogP contribution in [0.15, 0.2) is 66.7 Å². The minimum atomic E-state index is -0.339. The Morgan fingerprint density at radius 2 is 1.72 bits per heavy atom. The molecule has 1 N–H and O–H groups in total. The Balaban J connectivity index is 1.61. The molecule has 29 heavy (non-hydrogen) atoms. The molecule has 3 aromatic rings. The maximum absolute atomic E-state index is 13.5. The summed E-state index contributed by atoms with van der Waals surface area (Å²) in [5.41, 5.74) is 4.33. The molecule has 1 atom stereocenters. The highest BCUT2D eigenvalue weighted by Crippen LogP contribution is 2.41. The van der Waals surface area contributed by atoms with E-state index in [1.165, 1.54) is 0 Å². The number of hydrogen-bond donors (Lipinski definition) is 1. The number of benzene rings is 3. The van der Waals surface area contributed by atoms with Gasteiger partial charge in [0, 0.05) is 31.5 Å². The topological polar surface area (TPSA) is 54.0 Å². The van der Waals surface area contributed by atoms with E-state index in [-0.39, 0.29) is 18.9 Å². The Kier molecular flexibility index (Phi) is 4.05. The molecule has 0 aromatic heterocycles. The van der Waals surface area contributed by atoms with Gasteiger partial charge in [0.25, 0.3) is 5.91 Å². The molecule has 0 saturated carbocycles. The van der Waals surface area contributed by atoms with Gasteiger partial charge in [-0.1, -0.05) is 24.3 Å². The molecule has 2 aliphatic heterocycles. The van der Waals surface area contributed by atoms with Gasteiger partial charge in [-0.25, -0.2) is 0 Å². The van der Waals surface area contributed by atoms with Crippen molar-refractivity contribution in [2.75, 3.05) is 36.0 Å². The minimum absolute atomic E-state index is 0.0556. The second kappa shape index (κ2) is 6.74. The van der Waals surface area contributed by atoms with Crippen molar-refractivity contribution in [2.24, 2.45) is 0 Å². The zero-order valence-corrected chi connectivity index (χ0v) is 16.3. The predicted octanol–water partition coefficient (Wildman–Crippen LogP) is 4.25. The number of rotatable bonds is 3. The lowest BCUT2D eigenvalue weighted by atomic mass is 10.0. The summed E-state index contributed by atoms with van der Waals surface area (Å²) in [5.74, 6) is 1.29. The normalized spacial score (nSPS) is 17.0. The number of hydrogen-bond acceptors (Lipinski definition) is 5. The lowest BCUT2D eigenvalue weighted by molar-refractivity contribution is 0.0975. The molecule has 0 fully saturated rings. The van der Waals surface area contributed by atoms with E-state index >= 15 is 0 Å². The van der Waals surface area contributed by atoms with Gasteiger partial charge in [0.1, 0.15) is 6.17 Å². The van der Waals surface area contributed by atoms with Crippen molar-refractivity contribution < 1.29 is 14.3 Å². The summed E-state index contributed by atoms with van der Waals surface area (Å²) in [6.45, 7) is 0.198. The molecular weight excluding hydrogens is 366 g/mol. The Morgan fingerprint density at radius 3 is 2.52 bits per heavy atom. The van der Waals surface area contributed by atoms with Gasteiger partial charge in [-0.15, -0.1) is 0 Å². The first-order valence-electron chi connectivity index (χ1n) is 9.48. The summed E-state index contributed by atoms with van der Waals surface area (Å²) in [7, 11) is 4.01. The third-order valence-electron chi connectivity index (χ3n) is 5.29. The Morgan fingerprint density at radius 1 is 0.966 bits per heavy atom. The summed E-state index contributed by atoms with van der Waals surface area (Å²) >= 11 is 0. The van der Waals surface area contributed by atoms with Crippen molar-refractivity contribution in [3.05, 3.63) is 77.9 Å². The van der Waals surface area contributed by atoms with E-state index in [9.17, 15) is 4.79 Å². The third kappa shape index (κ3) is 2.93. The first-order chi connectivity index (χ1) is 14.1. The van der Waals surface area contributed by atoms with Crippen molar-refractivity contribution >= 4 is 23.0 Å². The van der Waals surface area contributed by atoms with E-state index in [1.807, 2.05) is 73.6 Å². The Hall–Kier alpha value is -3.67. The zero-order valence-electron chi connectivity index (χ0n) is 16.3. The SMILES string of the molecule is CN(C)c1ccc([C@H]2Nc3ccccc3C(=O)N2c2ccc3c(c2)OCO3)cc1. The lowest BCUT2D eigenvalue weighted by Gasteiger charge is -2.38. The molecule has 0 unspecified atom stereocenters. The van der Waals surface area contributed by atoms with Gasteiger partial charge in [0.05, 0.1) is 11.3 Å². The fourth-order valence-corrected chi connectivity index (χ4v) is 3.74. The van der Waals surface area contributed by atoms with Crippen LogP contribution in [-0.2, 0) is 0 Å². The van der Waals surface area contributed by atoms with Crippen LogP contribution < -0.4 is 24.6 Å². The predicted molar refractivity (Wildman–Crippen MR) is 113 cm³/mol. The van der Waals surface area contributed by atoms with E-state index in [1.54, 1.807) is 4.90 Å². The van der Waals surface area contributed by atoms with Crippen LogP contribution in [0.25, 0.3) is 0 Å². The van der Waals surface area contributed by atoms with Crippen LogP contribution in [0.5, 0.6) is 11.5 Å². The summed E-state index contributed by atoms with van der Waals surface area (Å²) < 4.78 is 11.0. The number of para-hydroxylation sites is 1. The maximum atomic E-state index is 13.5. The van der Waals surface area contributed by atoms with E-state index < -0.39 is 0 Å². The van der Waals surface area contributed by atoms with Crippen molar-refractivity contribution in [3.63, 3.8) is 0 Å². The second-order valence-corrected chi connectivity index (χ2v) is 7.29. The molecule has 5 rings (SSSR count). The van der Waals surface area contributed by atoms with Crippen LogP contribution >= 0.6 is 0 Å². The van der Waals surface area contributed by atoms with Crippen molar-refractivity contribution in [1.29, 1.82) is 0 Å². The summed E-state index contributed by atoms with van der Waals surface area (Å²) in [4.78, 5) is 17.3. The maximum Gasteiger partial charge on any atom is 0.262 e. The van der Waals surface area contributed by atoms with Crippen LogP contribution in [-0.4, -0.2) is 26.8 Å². The first-order valence-corrected chi connectivity index (χ1v) is 9.48. The van der Waals surface area contributed by atoms with Gasteiger partial charge < -0.3 is 19.7 Å². The molecule has 146 valence electrons. The van der Waals surface area contributed by atoms with Gasteiger partial charge in [0.2, 0.25) is 6.79 Å². The van der Waals surface area contributed by atoms with Gasteiger partial charge >= 0.3 is 0 Å². The molecule has 3 aromatic carbocycles. The molecule has 0 bridgehead atoms. The van der Waals surface area contributed by atoms with Crippen molar-refractivity contribution in [3.8, 4) is 11.5 Å². The highest BCUT2D eigenvalue weighted by molar-refractivity contribution is 6.12. The van der Waals surface area contributed by atoms with Crippen LogP contribution in [0.1, 0.15) is 22.1 Å². The molecular formula is C23H21N3O3. The zero-order chi connectivity index (χ0) is 20.0. The van der Waals surface area contributed by atoms with E-state index in [4.69, 9.17) is 9.47 Å². The van der Waals surface area contributed by atoms with Crippen LogP contribution in [0.4, 0.5) is 17.1 Å². The fraction of sp³-hybridized carbons (Fsp3) is 0.174. The highest BCUT2D eigenvalue weighted by Gasteiger charge is 2.34. The summed E-state index contributed by atoms with van der Waals surface area (Å²) in [5, 5.41) is 3.53. The highest BCUT2D eigenvalue weighted by atomic mass is 16.7. The average molecular weight is 387 g/mol. The molecule has 2 aliphatic rings. The summed E-state index contributed by atoms with van der Waals surface area (Å²) in [6, 6.07) is 21.4. The number of nitrogens with zero attached hydrogens (tertiary/aromatic N) is 2. The molecule has 0 saturated heterocycles. The Labute approximate surface area is 169 Å². The molecule has 0 spiro atoms. The second-order valence-electron chi connectivity index (χ2n) is 7.29. The smallest absolute Gasteiger partial charge is 0.262 e. The van der Waals surface area contributed by atoms with Crippen molar-refractivity contribution in [2.45, 2.75) is 6.17 Å². The van der Waals surface area contributed by atoms with E-state index in [0.29, 0.717) is 17.1 Å². The van der Waals surface area contributed by atoms with Gasteiger partial charge in [-0.3, -0.25) is 9.69 Å². The molecule has 0 aliphatic carbocycles. The molecule has 6 heteroatoms. The van der Waals surface area contributed by atoms with E-state index in [0.717, 1.165) is 22.6 Å². The van der Waals surface area contributed by atoms with E-state index in [2.05, 4.69) is 17.4 Å². The molecule has 0 radical (unpaired) electrons. The van der Waals surface area contributed by atoms with Crippen LogP contribution in [0, 0.1) is 0 Å². The van der Waals surface area contributed by atoms with Crippen molar-refractivity contribution in [1.82, 2.24) is 0 Å².